The van der Waals surface area contributed by atoms with Crippen molar-refractivity contribution in [3.8, 4) is 0 Å². The fraction of sp³-hybridized carbons (Fsp3) is 0. The van der Waals surface area contributed by atoms with E-state index in [0.29, 0.717) is 5.76 Å². The van der Waals surface area contributed by atoms with Gasteiger partial charge in [-0.05, 0) is 35.9 Å². The molecule has 2 nitrogen and oxygen atoms in total. The molecule has 80 valence electrons. The van der Waals surface area contributed by atoms with E-state index in [0.717, 1.165) is 5.56 Å². The zero-order valence-electron chi connectivity index (χ0n) is 8.39. The van der Waals surface area contributed by atoms with E-state index in [1.54, 1.807) is 30.3 Å². The maximum atomic E-state index is 12.6. The van der Waals surface area contributed by atoms with Crippen LogP contribution in [0.15, 0.2) is 53.2 Å². The summed E-state index contributed by atoms with van der Waals surface area (Å²) in [6, 6.07) is 9.13. The van der Waals surface area contributed by atoms with Crippen LogP contribution >= 0.6 is 0 Å². The summed E-state index contributed by atoms with van der Waals surface area (Å²) in [6.07, 6.45) is 4.45. The first-order valence-electron chi connectivity index (χ1n) is 4.77. The van der Waals surface area contributed by atoms with Gasteiger partial charge in [0.2, 0.25) is 5.78 Å². The molecule has 0 unspecified atom stereocenters. The quantitative estimate of drug-likeness (QED) is 0.582. The normalized spacial score (nSPS) is 10.8. The van der Waals surface area contributed by atoms with Crippen molar-refractivity contribution in [1.82, 2.24) is 0 Å². The third kappa shape index (κ3) is 2.45. The molecule has 0 bridgehead atoms. The maximum Gasteiger partial charge on any atom is 0.221 e. The average Bonchev–Trinajstić information content (AvgIpc) is 2.81. The molecule has 0 amide bonds. The smallest absolute Gasteiger partial charge is 0.221 e. The predicted molar refractivity (Wildman–Crippen MR) is 58.5 cm³/mol. The van der Waals surface area contributed by atoms with E-state index in [1.165, 1.54) is 24.5 Å². The SMILES string of the molecule is O=C(/C=C\c1ccc(F)cc1)c1ccco1. The minimum absolute atomic E-state index is 0.214. The van der Waals surface area contributed by atoms with Gasteiger partial charge in [0.1, 0.15) is 5.82 Å². The highest BCUT2D eigenvalue weighted by Crippen LogP contribution is 2.07. The van der Waals surface area contributed by atoms with Crippen LogP contribution in [0, 0.1) is 5.82 Å². The van der Waals surface area contributed by atoms with Crippen LogP contribution in [0.2, 0.25) is 0 Å². The molecule has 0 N–H and O–H groups in total. The van der Waals surface area contributed by atoms with Gasteiger partial charge in [0.15, 0.2) is 5.76 Å². The third-order valence-electron chi connectivity index (χ3n) is 2.06. The topological polar surface area (TPSA) is 30.2 Å². The summed E-state index contributed by atoms with van der Waals surface area (Å²) in [5.41, 5.74) is 0.765. The van der Waals surface area contributed by atoms with Crippen molar-refractivity contribution in [3.05, 3.63) is 65.9 Å². The fourth-order valence-corrected chi connectivity index (χ4v) is 1.25. The van der Waals surface area contributed by atoms with Gasteiger partial charge in [0, 0.05) is 0 Å². The van der Waals surface area contributed by atoms with E-state index in [-0.39, 0.29) is 11.6 Å². The molecule has 1 aromatic carbocycles. The minimum Gasteiger partial charge on any atom is -0.461 e. The summed E-state index contributed by atoms with van der Waals surface area (Å²) in [6.45, 7) is 0. The van der Waals surface area contributed by atoms with E-state index < -0.39 is 0 Å². The minimum atomic E-state index is -0.297. The molecule has 0 aliphatic rings. The van der Waals surface area contributed by atoms with Gasteiger partial charge in [0.05, 0.1) is 6.26 Å². The lowest BCUT2D eigenvalue weighted by molar-refractivity contribution is 0.102. The standard InChI is InChI=1S/C13H9FO2/c14-11-6-3-10(4-7-11)5-8-12(15)13-2-1-9-16-13/h1-9H/b8-5-. The van der Waals surface area contributed by atoms with Gasteiger partial charge >= 0.3 is 0 Å². The molecule has 16 heavy (non-hydrogen) atoms. The Kier molecular flexibility index (Phi) is 2.96. The number of rotatable bonds is 3. The van der Waals surface area contributed by atoms with Gasteiger partial charge in [0.25, 0.3) is 0 Å². The number of ketones is 1. The number of benzene rings is 1. The van der Waals surface area contributed by atoms with Crippen LogP contribution in [0.1, 0.15) is 16.1 Å². The number of allylic oxidation sites excluding steroid dienone is 1. The van der Waals surface area contributed by atoms with Crippen LogP contribution < -0.4 is 0 Å². The number of halogens is 1. The Hall–Kier alpha value is -2.16. The zero-order chi connectivity index (χ0) is 11.4. The lowest BCUT2D eigenvalue weighted by Gasteiger charge is -1.92. The van der Waals surface area contributed by atoms with Crippen LogP contribution in [0.25, 0.3) is 6.08 Å². The summed E-state index contributed by atoms with van der Waals surface area (Å²) >= 11 is 0. The Bertz CT molecular complexity index is 495. The van der Waals surface area contributed by atoms with Gasteiger partial charge < -0.3 is 4.42 Å². The molecule has 1 aromatic heterocycles. The van der Waals surface area contributed by atoms with Crippen LogP contribution in [-0.4, -0.2) is 5.78 Å². The highest BCUT2D eigenvalue weighted by atomic mass is 19.1. The number of hydrogen-bond acceptors (Lipinski definition) is 2. The van der Waals surface area contributed by atoms with E-state index >= 15 is 0 Å². The molecule has 0 radical (unpaired) electrons. The highest BCUT2D eigenvalue weighted by molar-refractivity contribution is 6.04. The molecule has 0 aliphatic heterocycles. The van der Waals surface area contributed by atoms with E-state index in [4.69, 9.17) is 4.42 Å². The van der Waals surface area contributed by atoms with Crippen LogP contribution in [-0.2, 0) is 0 Å². The predicted octanol–water partition coefficient (Wildman–Crippen LogP) is 3.31. The number of carbonyl (C=O) groups excluding carboxylic acids is 1. The third-order valence-corrected chi connectivity index (χ3v) is 2.06. The number of furan rings is 1. The van der Waals surface area contributed by atoms with Crippen molar-refractivity contribution in [2.24, 2.45) is 0 Å². The monoisotopic (exact) mass is 216 g/mol. The Morgan fingerprint density at radius 2 is 1.94 bits per heavy atom. The largest absolute Gasteiger partial charge is 0.461 e. The Morgan fingerprint density at radius 3 is 2.56 bits per heavy atom. The van der Waals surface area contributed by atoms with Crippen LogP contribution in [0.3, 0.4) is 0 Å². The summed E-state index contributed by atoms with van der Waals surface area (Å²) in [5.74, 6) is -0.220. The van der Waals surface area contributed by atoms with E-state index in [9.17, 15) is 9.18 Å². The van der Waals surface area contributed by atoms with Crippen molar-refractivity contribution in [1.29, 1.82) is 0 Å². The lowest BCUT2D eigenvalue weighted by atomic mass is 10.2. The molecule has 0 fully saturated rings. The van der Waals surface area contributed by atoms with Crippen molar-refractivity contribution in [2.45, 2.75) is 0 Å². The summed E-state index contributed by atoms with van der Waals surface area (Å²) in [4.78, 5) is 11.5. The van der Waals surface area contributed by atoms with Crippen molar-refractivity contribution < 1.29 is 13.6 Å². The van der Waals surface area contributed by atoms with Crippen molar-refractivity contribution >= 4 is 11.9 Å². The first-order chi connectivity index (χ1) is 7.75. The molecule has 3 heteroatoms. The average molecular weight is 216 g/mol. The molecular formula is C13H9FO2. The second-order valence-electron chi connectivity index (χ2n) is 3.23. The summed E-state index contributed by atoms with van der Waals surface area (Å²) in [5, 5.41) is 0. The second kappa shape index (κ2) is 4.57. The molecule has 0 saturated carbocycles. The molecule has 0 aliphatic carbocycles. The van der Waals surface area contributed by atoms with Gasteiger partial charge in [-0.15, -0.1) is 0 Å². The Balaban J connectivity index is 2.10. The Morgan fingerprint density at radius 1 is 1.19 bits per heavy atom. The molecule has 0 spiro atoms. The number of carbonyl (C=O) groups is 1. The number of hydrogen-bond donors (Lipinski definition) is 0. The van der Waals surface area contributed by atoms with Crippen LogP contribution in [0.4, 0.5) is 4.39 Å². The summed E-state index contributed by atoms with van der Waals surface area (Å²) < 4.78 is 17.5. The van der Waals surface area contributed by atoms with Gasteiger partial charge in [-0.2, -0.15) is 0 Å². The zero-order valence-corrected chi connectivity index (χ0v) is 8.39. The van der Waals surface area contributed by atoms with Crippen LogP contribution in [0.5, 0.6) is 0 Å². The fourth-order valence-electron chi connectivity index (χ4n) is 1.25. The second-order valence-corrected chi connectivity index (χ2v) is 3.23. The Labute approximate surface area is 92.0 Å². The van der Waals surface area contributed by atoms with Crippen molar-refractivity contribution in [3.63, 3.8) is 0 Å². The molecule has 0 saturated heterocycles. The molecule has 0 atom stereocenters. The van der Waals surface area contributed by atoms with E-state index in [2.05, 4.69) is 0 Å². The highest BCUT2D eigenvalue weighted by Gasteiger charge is 2.03. The molecule has 1 heterocycles. The molecule has 2 aromatic rings. The van der Waals surface area contributed by atoms with Gasteiger partial charge in [-0.3, -0.25) is 4.79 Å². The van der Waals surface area contributed by atoms with Gasteiger partial charge in [-0.1, -0.05) is 18.2 Å². The van der Waals surface area contributed by atoms with E-state index in [1.807, 2.05) is 0 Å². The first kappa shape index (κ1) is 10.4. The molecule has 2 rings (SSSR count). The first-order valence-corrected chi connectivity index (χ1v) is 4.77. The van der Waals surface area contributed by atoms with Crippen molar-refractivity contribution in [2.75, 3.05) is 0 Å². The summed E-state index contributed by atoms with van der Waals surface area (Å²) in [7, 11) is 0. The maximum absolute atomic E-state index is 12.6. The lowest BCUT2D eigenvalue weighted by Crippen LogP contribution is -1.90. The molecular weight excluding hydrogens is 207 g/mol. The van der Waals surface area contributed by atoms with Gasteiger partial charge in [-0.25, -0.2) is 4.39 Å².